The Morgan fingerprint density at radius 1 is 1.50 bits per heavy atom. The Labute approximate surface area is 79.2 Å². The van der Waals surface area contributed by atoms with E-state index in [-0.39, 0.29) is 17.8 Å². The Hall–Kier alpha value is -0.280. The van der Waals surface area contributed by atoms with E-state index in [0.717, 1.165) is 25.8 Å². The van der Waals surface area contributed by atoms with Crippen LogP contribution in [-0.4, -0.2) is 36.6 Å². The highest BCUT2D eigenvalue weighted by Gasteiger charge is 2.49. The number of hydrogen-bond donors (Lipinski definition) is 1. The van der Waals surface area contributed by atoms with Crippen molar-refractivity contribution in [1.29, 1.82) is 0 Å². The molecular weight excluding hydrogens is 178 g/mol. The first-order valence-electron chi connectivity index (χ1n) is 3.95. The summed E-state index contributed by atoms with van der Waals surface area (Å²) in [6, 6.07) is 0. The van der Waals surface area contributed by atoms with Crippen LogP contribution in [0.3, 0.4) is 0 Å². The van der Waals surface area contributed by atoms with Crippen LogP contribution in [0.2, 0.25) is 0 Å². The molecule has 0 spiro atoms. The van der Waals surface area contributed by atoms with Gasteiger partial charge < -0.3 is 10.0 Å². The molecule has 1 aliphatic rings. The second-order valence-electron chi connectivity index (χ2n) is 3.64. The van der Waals surface area contributed by atoms with Crippen molar-refractivity contribution in [2.45, 2.75) is 19.3 Å². The van der Waals surface area contributed by atoms with E-state index in [1.165, 1.54) is 0 Å². The van der Waals surface area contributed by atoms with Gasteiger partial charge in [-0.2, -0.15) is 0 Å². The van der Waals surface area contributed by atoms with Crippen molar-refractivity contribution in [3.8, 4) is 0 Å². The van der Waals surface area contributed by atoms with Gasteiger partial charge in [-0.05, 0) is 39.9 Å². The lowest BCUT2D eigenvalue weighted by atomic mass is 10.0. The third-order valence-electron chi connectivity index (χ3n) is 2.34. The van der Waals surface area contributed by atoms with Crippen LogP contribution >= 0.6 is 12.4 Å². The molecule has 0 heterocycles. The quantitative estimate of drug-likeness (QED) is 0.730. The van der Waals surface area contributed by atoms with E-state index >= 15 is 0 Å². The smallest absolute Gasteiger partial charge is 0.309 e. The Kier molecular flexibility index (Phi) is 4.00. The molecule has 0 aromatic carbocycles. The Morgan fingerprint density at radius 2 is 2.00 bits per heavy atom. The molecule has 0 unspecified atom stereocenters. The van der Waals surface area contributed by atoms with E-state index in [2.05, 4.69) is 0 Å². The van der Waals surface area contributed by atoms with Crippen molar-refractivity contribution in [2.75, 3.05) is 20.6 Å². The molecule has 3 nitrogen and oxygen atoms in total. The first-order chi connectivity index (χ1) is 5.07. The van der Waals surface area contributed by atoms with E-state index in [9.17, 15) is 4.79 Å². The van der Waals surface area contributed by atoms with E-state index in [4.69, 9.17) is 5.11 Å². The monoisotopic (exact) mass is 193 g/mol. The fourth-order valence-electron chi connectivity index (χ4n) is 1.16. The molecule has 1 aliphatic carbocycles. The fourth-order valence-corrected chi connectivity index (χ4v) is 1.16. The van der Waals surface area contributed by atoms with Gasteiger partial charge in [0.1, 0.15) is 0 Å². The number of carbonyl (C=O) groups is 1. The van der Waals surface area contributed by atoms with Crippen LogP contribution < -0.4 is 0 Å². The van der Waals surface area contributed by atoms with E-state index in [1.807, 2.05) is 19.0 Å². The number of hydrogen-bond acceptors (Lipinski definition) is 2. The molecule has 1 fully saturated rings. The lowest BCUT2D eigenvalue weighted by Crippen LogP contribution is -2.22. The number of nitrogens with zero attached hydrogens (tertiary/aromatic N) is 1. The average molecular weight is 194 g/mol. The van der Waals surface area contributed by atoms with E-state index in [1.54, 1.807) is 0 Å². The summed E-state index contributed by atoms with van der Waals surface area (Å²) in [5, 5.41) is 8.80. The molecule has 1 N–H and O–H groups in total. The highest BCUT2D eigenvalue weighted by Crippen LogP contribution is 2.48. The van der Waals surface area contributed by atoms with Crippen molar-refractivity contribution in [1.82, 2.24) is 4.90 Å². The first-order valence-corrected chi connectivity index (χ1v) is 3.95. The summed E-state index contributed by atoms with van der Waals surface area (Å²) in [4.78, 5) is 12.7. The minimum absolute atomic E-state index is 0. The Morgan fingerprint density at radius 3 is 2.25 bits per heavy atom. The second kappa shape index (κ2) is 4.10. The van der Waals surface area contributed by atoms with Crippen LogP contribution in [0.15, 0.2) is 0 Å². The van der Waals surface area contributed by atoms with Gasteiger partial charge in [0.15, 0.2) is 0 Å². The number of halogens is 1. The second-order valence-corrected chi connectivity index (χ2v) is 3.64. The van der Waals surface area contributed by atoms with Gasteiger partial charge in [0, 0.05) is 0 Å². The van der Waals surface area contributed by atoms with Gasteiger partial charge >= 0.3 is 5.97 Å². The summed E-state index contributed by atoms with van der Waals surface area (Å²) in [5.41, 5.74) is -0.343. The molecule has 0 saturated heterocycles. The van der Waals surface area contributed by atoms with Gasteiger partial charge in [-0.25, -0.2) is 0 Å². The van der Waals surface area contributed by atoms with Crippen LogP contribution in [0, 0.1) is 5.41 Å². The molecule has 1 saturated carbocycles. The van der Waals surface area contributed by atoms with Crippen LogP contribution in [0.1, 0.15) is 19.3 Å². The summed E-state index contributed by atoms with van der Waals surface area (Å²) >= 11 is 0. The summed E-state index contributed by atoms with van der Waals surface area (Å²) in [6.45, 7) is 0.881. The third-order valence-corrected chi connectivity index (χ3v) is 2.34. The summed E-state index contributed by atoms with van der Waals surface area (Å²) in [6.07, 6.45) is 2.54. The molecule has 0 amide bonds. The topological polar surface area (TPSA) is 40.5 Å². The van der Waals surface area contributed by atoms with Gasteiger partial charge in [-0.3, -0.25) is 4.79 Å². The number of carboxylic acid groups (broad SMARTS) is 1. The lowest BCUT2D eigenvalue weighted by molar-refractivity contribution is -0.143. The molecule has 12 heavy (non-hydrogen) atoms. The van der Waals surface area contributed by atoms with Gasteiger partial charge in [0.05, 0.1) is 5.41 Å². The van der Waals surface area contributed by atoms with Crippen LogP contribution in [0.25, 0.3) is 0 Å². The van der Waals surface area contributed by atoms with Gasteiger partial charge in [-0.1, -0.05) is 0 Å². The van der Waals surface area contributed by atoms with Crippen molar-refractivity contribution in [3.05, 3.63) is 0 Å². The average Bonchev–Trinajstić information content (AvgIpc) is 2.63. The molecule has 72 valence electrons. The molecule has 0 atom stereocenters. The maximum atomic E-state index is 10.7. The van der Waals surface area contributed by atoms with Crippen molar-refractivity contribution >= 4 is 18.4 Å². The zero-order chi connectivity index (χ0) is 8.48. The normalized spacial score (nSPS) is 18.6. The fraction of sp³-hybridized carbons (Fsp3) is 0.875. The van der Waals surface area contributed by atoms with Crippen LogP contribution in [0.4, 0.5) is 0 Å². The predicted molar refractivity (Wildman–Crippen MR) is 49.7 cm³/mol. The third kappa shape index (κ3) is 2.64. The summed E-state index contributed by atoms with van der Waals surface area (Å²) in [5.74, 6) is -0.612. The minimum Gasteiger partial charge on any atom is -0.481 e. The molecule has 0 aliphatic heterocycles. The lowest BCUT2D eigenvalue weighted by Gasteiger charge is -2.13. The molecule has 1 rings (SSSR count). The first kappa shape index (κ1) is 11.7. The zero-order valence-electron chi connectivity index (χ0n) is 7.54. The number of aliphatic carboxylic acids is 1. The standard InChI is InChI=1S/C8H15NO2.ClH/c1-9(2)6-5-8(3-4-8)7(10)11;/h3-6H2,1-2H3,(H,10,11);1H. The van der Waals surface area contributed by atoms with Crippen molar-refractivity contribution < 1.29 is 9.90 Å². The van der Waals surface area contributed by atoms with Gasteiger partial charge in [0.2, 0.25) is 0 Å². The summed E-state index contributed by atoms with van der Waals surface area (Å²) in [7, 11) is 3.94. The highest BCUT2D eigenvalue weighted by atomic mass is 35.5. The van der Waals surface area contributed by atoms with E-state index in [0.29, 0.717) is 0 Å². The highest BCUT2D eigenvalue weighted by molar-refractivity contribution is 5.85. The molecule has 4 heteroatoms. The summed E-state index contributed by atoms with van der Waals surface area (Å²) < 4.78 is 0. The Bertz CT molecular complexity index is 166. The molecule has 0 bridgehead atoms. The van der Waals surface area contributed by atoms with Crippen molar-refractivity contribution in [3.63, 3.8) is 0 Å². The molecular formula is C8H16ClNO2. The van der Waals surface area contributed by atoms with Gasteiger partial charge in [-0.15, -0.1) is 12.4 Å². The van der Waals surface area contributed by atoms with Crippen LogP contribution in [0.5, 0.6) is 0 Å². The van der Waals surface area contributed by atoms with Crippen LogP contribution in [-0.2, 0) is 4.79 Å². The number of rotatable bonds is 4. The van der Waals surface area contributed by atoms with Crippen molar-refractivity contribution in [2.24, 2.45) is 5.41 Å². The maximum Gasteiger partial charge on any atom is 0.309 e. The molecule has 0 radical (unpaired) electrons. The minimum atomic E-state index is -0.612. The van der Waals surface area contributed by atoms with Gasteiger partial charge in [0.25, 0.3) is 0 Å². The zero-order valence-corrected chi connectivity index (χ0v) is 8.36. The number of carboxylic acids is 1. The molecule has 0 aromatic heterocycles. The predicted octanol–water partition coefficient (Wildman–Crippen LogP) is 1.22. The molecule has 0 aromatic rings. The SMILES string of the molecule is CN(C)CCC1(C(=O)O)CC1.Cl. The van der Waals surface area contributed by atoms with E-state index < -0.39 is 5.97 Å². The Balaban J connectivity index is 0.00000121. The largest absolute Gasteiger partial charge is 0.481 e. The maximum absolute atomic E-state index is 10.7.